The maximum atomic E-state index is 4.54. The first-order chi connectivity index (χ1) is 8.13. The van der Waals surface area contributed by atoms with Gasteiger partial charge < -0.3 is 5.32 Å². The molecule has 1 N–H and O–H groups in total. The van der Waals surface area contributed by atoms with E-state index < -0.39 is 0 Å². The molecule has 0 unspecified atom stereocenters. The molecular formula is C13H16BrN3. The van der Waals surface area contributed by atoms with E-state index in [1.54, 1.807) is 0 Å². The van der Waals surface area contributed by atoms with Crippen LogP contribution in [0, 0.1) is 6.92 Å². The van der Waals surface area contributed by atoms with Crippen molar-refractivity contribution in [3.05, 3.63) is 40.0 Å². The van der Waals surface area contributed by atoms with E-state index in [1.165, 1.54) is 16.8 Å². The van der Waals surface area contributed by atoms with E-state index >= 15 is 0 Å². The first kappa shape index (κ1) is 12.3. The van der Waals surface area contributed by atoms with Gasteiger partial charge in [0, 0.05) is 23.6 Å². The molecule has 0 saturated heterocycles. The minimum absolute atomic E-state index is 0.799. The van der Waals surface area contributed by atoms with Crippen LogP contribution in [-0.2, 0) is 13.6 Å². The molecule has 2 aromatic rings. The molecule has 1 aromatic carbocycles. The lowest BCUT2D eigenvalue weighted by Crippen LogP contribution is -2.06. The van der Waals surface area contributed by atoms with Crippen molar-refractivity contribution in [1.29, 1.82) is 0 Å². The Hall–Kier alpha value is -1.13. The van der Waals surface area contributed by atoms with Gasteiger partial charge in [0.15, 0.2) is 0 Å². The Morgan fingerprint density at radius 1 is 1.41 bits per heavy atom. The van der Waals surface area contributed by atoms with Gasteiger partial charge in [-0.05, 0) is 31.7 Å². The van der Waals surface area contributed by atoms with E-state index in [0.29, 0.717) is 0 Å². The van der Waals surface area contributed by atoms with Crippen LogP contribution < -0.4 is 5.32 Å². The Kier molecular flexibility index (Phi) is 3.64. The van der Waals surface area contributed by atoms with E-state index in [0.717, 1.165) is 16.7 Å². The number of nitrogens with zero attached hydrogens (tertiary/aromatic N) is 2. The Balaban J connectivity index is 2.52. The standard InChI is InChI=1S/C13H16BrN3/c1-9-12(8-15-2)16-17(3)13(9)10-5-4-6-11(14)7-10/h4-7,15H,8H2,1-3H3. The van der Waals surface area contributed by atoms with Crippen LogP contribution in [0.15, 0.2) is 28.7 Å². The maximum Gasteiger partial charge on any atom is 0.0797 e. The molecule has 0 radical (unpaired) electrons. The number of hydrogen-bond acceptors (Lipinski definition) is 2. The number of aromatic nitrogens is 2. The number of rotatable bonds is 3. The van der Waals surface area contributed by atoms with Crippen LogP contribution >= 0.6 is 15.9 Å². The number of nitrogens with one attached hydrogen (secondary N) is 1. The number of benzene rings is 1. The van der Waals surface area contributed by atoms with Crippen molar-refractivity contribution in [2.24, 2.45) is 7.05 Å². The van der Waals surface area contributed by atoms with E-state index in [2.05, 4.69) is 45.4 Å². The SMILES string of the molecule is CNCc1nn(C)c(-c2cccc(Br)c2)c1C. The summed E-state index contributed by atoms with van der Waals surface area (Å²) in [5.41, 5.74) is 4.70. The van der Waals surface area contributed by atoms with E-state index in [1.807, 2.05) is 30.9 Å². The van der Waals surface area contributed by atoms with Gasteiger partial charge in [0.1, 0.15) is 0 Å². The minimum atomic E-state index is 0.799. The van der Waals surface area contributed by atoms with Gasteiger partial charge in [0.25, 0.3) is 0 Å². The monoisotopic (exact) mass is 293 g/mol. The number of halogens is 1. The van der Waals surface area contributed by atoms with Crippen LogP contribution in [0.2, 0.25) is 0 Å². The molecule has 0 atom stereocenters. The third-order valence-corrected chi connectivity index (χ3v) is 3.32. The van der Waals surface area contributed by atoms with Crippen molar-refractivity contribution in [2.75, 3.05) is 7.05 Å². The highest BCUT2D eigenvalue weighted by atomic mass is 79.9. The van der Waals surface area contributed by atoms with E-state index in [9.17, 15) is 0 Å². The lowest BCUT2D eigenvalue weighted by molar-refractivity contribution is 0.715. The molecule has 1 aromatic heterocycles. The predicted octanol–water partition coefficient (Wildman–Crippen LogP) is 2.88. The second-order valence-electron chi connectivity index (χ2n) is 4.08. The van der Waals surface area contributed by atoms with Crippen molar-refractivity contribution in [3.63, 3.8) is 0 Å². The minimum Gasteiger partial charge on any atom is -0.314 e. The summed E-state index contributed by atoms with van der Waals surface area (Å²) in [6.07, 6.45) is 0. The van der Waals surface area contributed by atoms with Gasteiger partial charge >= 0.3 is 0 Å². The molecule has 17 heavy (non-hydrogen) atoms. The van der Waals surface area contributed by atoms with Crippen molar-refractivity contribution in [2.45, 2.75) is 13.5 Å². The molecule has 0 saturated carbocycles. The van der Waals surface area contributed by atoms with Crippen molar-refractivity contribution in [1.82, 2.24) is 15.1 Å². The Bertz CT molecular complexity index is 531. The van der Waals surface area contributed by atoms with Gasteiger partial charge in [-0.1, -0.05) is 28.1 Å². The third kappa shape index (κ3) is 2.42. The van der Waals surface area contributed by atoms with E-state index in [-0.39, 0.29) is 0 Å². The molecule has 0 bridgehead atoms. The van der Waals surface area contributed by atoms with Crippen molar-refractivity contribution in [3.8, 4) is 11.3 Å². The second-order valence-corrected chi connectivity index (χ2v) is 5.00. The highest BCUT2D eigenvalue weighted by Crippen LogP contribution is 2.27. The molecule has 4 heteroatoms. The molecule has 1 heterocycles. The number of hydrogen-bond donors (Lipinski definition) is 1. The molecule has 0 aliphatic heterocycles. The second kappa shape index (κ2) is 5.02. The van der Waals surface area contributed by atoms with Gasteiger partial charge in [-0.3, -0.25) is 4.68 Å². The van der Waals surface area contributed by atoms with Crippen LogP contribution in [0.4, 0.5) is 0 Å². The zero-order chi connectivity index (χ0) is 12.4. The van der Waals surface area contributed by atoms with E-state index in [4.69, 9.17) is 0 Å². The summed E-state index contributed by atoms with van der Waals surface area (Å²) in [6.45, 7) is 2.92. The van der Waals surface area contributed by atoms with Gasteiger partial charge in [-0.15, -0.1) is 0 Å². The molecule has 0 fully saturated rings. The average molecular weight is 294 g/mol. The highest BCUT2D eigenvalue weighted by Gasteiger charge is 2.13. The van der Waals surface area contributed by atoms with Gasteiger partial charge in [-0.25, -0.2) is 0 Å². The van der Waals surface area contributed by atoms with Crippen molar-refractivity contribution >= 4 is 15.9 Å². The Morgan fingerprint density at radius 2 is 2.18 bits per heavy atom. The molecule has 90 valence electrons. The quantitative estimate of drug-likeness (QED) is 0.943. The van der Waals surface area contributed by atoms with Crippen molar-refractivity contribution < 1.29 is 0 Å². The smallest absolute Gasteiger partial charge is 0.0797 e. The summed E-state index contributed by atoms with van der Waals surface area (Å²) < 4.78 is 3.04. The first-order valence-corrected chi connectivity index (χ1v) is 6.35. The fourth-order valence-electron chi connectivity index (χ4n) is 2.06. The van der Waals surface area contributed by atoms with Crippen LogP contribution in [-0.4, -0.2) is 16.8 Å². The number of aryl methyl sites for hydroxylation is 1. The Labute approximate surface area is 110 Å². The summed E-state index contributed by atoms with van der Waals surface area (Å²) in [7, 11) is 3.93. The third-order valence-electron chi connectivity index (χ3n) is 2.82. The molecule has 0 spiro atoms. The zero-order valence-electron chi connectivity index (χ0n) is 10.3. The maximum absolute atomic E-state index is 4.54. The van der Waals surface area contributed by atoms with Gasteiger partial charge in [0.2, 0.25) is 0 Å². The summed E-state index contributed by atoms with van der Waals surface area (Å²) in [4.78, 5) is 0. The lowest BCUT2D eigenvalue weighted by atomic mass is 10.1. The topological polar surface area (TPSA) is 29.9 Å². The molecular weight excluding hydrogens is 278 g/mol. The summed E-state index contributed by atoms with van der Waals surface area (Å²) >= 11 is 3.50. The largest absolute Gasteiger partial charge is 0.314 e. The summed E-state index contributed by atoms with van der Waals surface area (Å²) in [5.74, 6) is 0. The first-order valence-electron chi connectivity index (χ1n) is 5.56. The molecule has 0 amide bonds. The fourth-order valence-corrected chi connectivity index (χ4v) is 2.46. The molecule has 0 aliphatic rings. The fraction of sp³-hybridized carbons (Fsp3) is 0.308. The van der Waals surface area contributed by atoms with Crippen LogP contribution in [0.3, 0.4) is 0 Å². The van der Waals surface area contributed by atoms with Crippen LogP contribution in [0.1, 0.15) is 11.3 Å². The normalized spacial score (nSPS) is 10.8. The summed E-state index contributed by atoms with van der Waals surface area (Å²) in [6, 6.07) is 8.30. The molecule has 3 nitrogen and oxygen atoms in total. The zero-order valence-corrected chi connectivity index (χ0v) is 11.9. The van der Waals surface area contributed by atoms with Crippen LogP contribution in [0.5, 0.6) is 0 Å². The summed E-state index contributed by atoms with van der Waals surface area (Å²) in [5, 5.41) is 7.69. The average Bonchev–Trinajstić information content (AvgIpc) is 2.55. The molecule has 2 rings (SSSR count). The highest BCUT2D eigenvalue weighted by molar-refractivity contribution is 9.10. The van der Waals surface area contributed by atoms with Gasteiger partial charge in [-0.2, -0.15) is 5.10 Å². The molecule has 0 aliphatic carbocycles. The van der Waals surface area contributed by atoms with Gasteiger partial charge in [0.05, 0.1) is 11.4 Å². The predicted molar refractivity (Wildman–Crippen MR) is 73.8 cm³/mol. The lowest BCUT2D eigenvalue weighted by Gasteiger charge is -2.04. The van der Waals surface area contributed by atoms with Crippen LogP contribution in [0.25, 0.3) is 11.3 Å². The Morgan fingerprint density at radius 3 is 2.82 bits per heavy atom.